The Morgan fingerprint density at radius 3 is 2.70 bits per heavy atom. The molecular weight excluding hydrogens is 288 g/mol. The molecule has 112 valence electrons. The predicted molar refractivity (Wildman–Crippen MR) is 92.0 cm³/mol. The van der Waals surface area contributed by atoms with Crippen molar-refractivity contribution in [1.29, 1.82) is 0 Å². The molecule has 0 fully saturated rings. The minimum absolute atomic E-state index is 0.163. The number of aryl methyl sites for hydroxylation is 1. The van der Waals surface area contributed by atoms with Crippen LogP contribution in [0, 0.1) is 6.92 Å². The number of rotatable bonds is 2. The number of aromatic nitrogens is 3. The molecule has 0 bridgehead atoms. The molecule has 0 radical (unpaired) electrons. The van der Waals surface area contributed by atoms with E-state index in [9.17, 15) is 4.79 Å². The maximum Gasteiger partial charge on any atom is 0.282 e. The number of hydrogen-bond donors (Lipinski definition) is 1. The topological polar surface area (TPSA) is 63.0 Å². The van der Waals surface area contributed by atoms with Gasteiger partial charge in [0, 0.05) is 22.7 Å². The molecule has 0 saturated carbocycles. The van der Waals surface area contributed by atoms with Gasteiger partial charge in [-0.3, -0.25) is 4.79 Å². The largest absolute Gasteiger partial charge is 0.361 e. The van der Waals surface area contributed by atoms with E-state index < -0.39 is 0 Å². The second kappa shape index (κ2) is 5.21. The van der Waals surface area contributed by atoms with Gasteiger partial charge < -0.3 is 4.98 Å². The quantitative estimate of drug-likeness (QED) is 0.578. The van der Waals surface area contributed by atoms with Crippen molar-refractivity contribution in [2.75, 3.05) is 0 Å². The monoisotopic (exact) mass is 302 g/mol. The second-order valence-electron chi connectivity index (χ2n) is 5.33. The molecule has 2 heterocycles. The summed E-state index contributed by atoms with van der Waals surface area (Å²) < 4.78 is 1.34. The molecule has 0 aliphatic heterocycles. The summed E-state index contributed by atoms with van der Waals surface area (Å²) in [5.74, 6) is 0.560. The third-order valence-corrected chi connectivity index (χ3v) is 3.85. The molecule has 2 aromatic heterocycles. The molecule has 4 rings (SSSR count). The summed E-state index contributed by atoms with van der Waals surface area (Å²) in [6.07, 6.45) is 3.56. The highest BCUT2D eigenvalue weighted by Gasteiger charge is 2.06. The molecule has 5 heteroatoms. The van der Waals surface area contributed by atoms with Gasteiger partial charge in [0.2, 0.25) is 0 Å². The Bertz CT molecular complexity index is 1100. The average molecular weight is 302 g/mol. The number of benzene rings is 2. The summed E-state index contributed by atoms with van der Waals surface area (Å²) in [5, 5.41) is 5.97. The number of nitrogens with one attached hydrogen (secondary N) is 1. The molecule has 1 N–H and O–H groups in total. The number of nitrogens with zero attached hydrogens (tertiary/aromatic N) is 3. The molecule has 0 saturated heterocycles. The van der Waals surface area contributed by atoms with E-state index in [1.165, 1.54) is 4.68 Å². The van der Waals surface area contributed by atoms with Crippen LogP contribution in [0.15, 0.2) is 64.6 Å². The van der Waals surface area contributed by atoms with Crippen LogP contribution >= 0.6 is 0 Å². The van der Waals surface area contributed by atoms with Gasteiger partial charge in [-0.2, -0.15) is 9.78 Å². The van der Waals surface area contributed by atoms with Crippen LogP contribution in [-0.2, 0) is 0 Å². The second-order valence-corrected chi connectivity index (χ2v) is 5.33. The number of aromatic amines is 1. The molecule has 23 heavy (non-hydrogen) atoms. The first kappa shape index (κ1) is 13.5. The van der Waals surface area contributed by atoms with Gasteiger partial charge >= 0.3 is 0 Å². The van der Waals surface area contributed by atoms with Crippen molar-refractivity contribution >= 4 is 28.0 Å². The molecule has 5 nitrogen and oxygen atoms in total. The van der Waals surface area contributed by atoms with Gasteiger partial charge in [0.1, 0.15) is 5.82 Å². The van der Waals surface area contributed by atoms with Gasteiger partial charge in [0.25, 0.3) is 5.56 Å². The van der Waals surface area contributed by atoms with Crippen LogP contribution in [0.3, 0.4) is 0 Å². The standard InChI is InChI=1S/C18H14N4O/c1-12-21-17-9-5-3-7-15(17)18(23)22(12)20-11-13-10-19-16-8-4-2-6-14(13)16/h2-11,19H,1H3/b20-11+. The SMILES string of the molecule is Cc1nc2ccccc2c(=O)n1/N=C/c1c[nH]c2ccccc12. The maximum atomic E-state index is 12.6. The first-order valence-corrected chi connectivity index (χ1v) is 7.33. The lowest BCUT2D eigenvalue weighted by atomic mass is 10.2. The van der Waals surface area contributed by atoms with Crippen LogP contribution in [0.25, 0.3) is 21.8 Å². The fraction of sp³-hybridized carbons (Fsp3) is 0.0556. The Labute approximate surface area is 131 Å². The van der Waals surface area contributed by atoms with E-state index in [-0.39, 0.29) is 5.56 Å². The molecule has 0 unspecified atom stereocenters. The summed E-state index contributed by atoms with van der Waals surface area (Å²) >= 11 is 0. The molecule has 0 spiro atoms. The van der Waals surface area contributed by atoms with Gasteiger partial charge in [-0.15, -0.1) is 0 Å². The fourth-order valence-electron chi connectivity index (χ4n) is 2.69. The van der Waals surface area contributed by atoms with Crippen LogP contribution in [0.4, 0.5) is 0 Å². The van der Waals surface area contributed by atoms with E-state index in [0.29, 0.717) is 16.7 Å². The van der Waals surface area contributed by atoms with Crippen LogP contribution in [0.2, 0.25) is 0 Å². The third-order valence-electron chi connectivity index (χ3n) is 3.85. The zero-order chi connectivity index (χ0) is 15.8. The number of para-hydroxylation sites is 2. The van der Waals surface area contributed by atoms with E-state index in [1.807, 2.05) is 48.7 Å². The lowest BCUT2D eigenvalue weighted by Gasteiger charge is -2.04. The zero-order valence-corrected chi connectivity index (χ0v) is 12.5. The van der Waals surface area contributed by atoms with Crippen molar-refractivity contribution in [1.82, 2.24) is 14.6 Å². The summed E-state index contributed by atoms with van der Waals surface area (Å²) in [6.45, 7) is 1.78. The highest BCUT2D eigenvalue weighted by atomic mass is 16.1. The summed E-state index contributed by atoms with van der Waals surface area (Å²) in [5.41, 5.74) is 2.49. The molecule has 0 aliphatic rings. The Hall–Kier alpha value is -3.21. The fourth-order valence-corrected chi connectivity index (χ4v) is 2.69. The smallest absolute Gasteiger partial charge is 0.282 e. The van der Waals surface area contributed by atoms with Crippen molar-refractivity contribution in [2.45, 2.75) is 6.92 Å². The van der Waals surface area contributed by atoms with E-state index >= 15 is 0 Å². The first-order valence-electron chi connectivity index (χ1n) is 7.33. The number of hydrogen-bond acceptors (Lipinski definition) is 3. The normalized spacial score (nSPS) is 11.7. The number of H-pyrrole nitrogens is 1. The zero-order valence-electron chi connectivity index (χ0n) is 12.5. The van der Waals surface area contributed by atoms with E-state index in [0.717, 1.165) is 16.5 Å². The van der Waals surface area contributed by atoms with Gasteiger partial charge in [-0.1, -0.05) is 30.3 Å². The molecule has 0 amide bonds. The van der Waals surface area contributed by atoms with Crippen LogP contribution in [0.1, 0.15) is 11.4 Å². The van der Waals surface area contributed by atoms with Crippen molar-refractivity contribution < 1.29 is 0 Å². The predicted octanol–water partition coefficient (Wildman–Crippen LogP) is 3.07. The van der Waals surface area contributed by atoms with Crippen molar-refractivity contribution in [2.24, 2.45) is 5.10 Å². The van der Waals surface area contributed by atoms with E-state index in [4.69, 9.17) is 0 Å². The minimum Gasteiger partial charge on any atom is -0.361 e. The van der Waals surface area contributed by atoms with E-state index in [2.05, 4.69) is 15.1 Å². The highest BCUT2D eigenvalue weighted by molar-refractivity contribution is 5.98. The Morgan fingerprint density at radius 1 is 1.09 bits per heavy atom. The lowest BCUT2D eigenvalue weighted by molar-refractivity contribution is 0.771. The highest BCUT2D eigenvalue weighted by Crippen LogP contribution is 2.16. The summed E-state index contributed by atoms with van der Waals surface area (Å²) in [7, 11) is 0. The van der Waals surface area contributed by atoms with Gasteiger partial charge in [-0.25, -0.2) is 4.98 Å². The molecule has 0 atom stereocenters. The molecule has 0 aliphatic carbocycles. The Balaban J connectivity index is 1.85. The van der Waals surface area contributed by atoms with Gasteiger partial charge in [-0.05, 0) is 25.1 Å². The third kappa shape index (κ3) is 2.23. The summed E-state index contributed by atoms with van der Waals surface area (Å²) in [4.78, 5) is 20.2. The molecule has 2 aromatic carbocycles. The van der Waals surface area contributed by atoms with Crippen LogP contribution in [-0.4, -0.2) is 20.9 Å². The van der Waals surface area contributed by atoms with Crippen molar-refractivity contribution in [3.63, 3.8) is 0 Å². The van der Waals surface area contributed by atoms with Crippen molar-refractivity contribution in [3.8, 4) is 0 Å². The summed E-state index contributed by atoms with van der Waals surface area (Å²) in [6, 6.07) is 15.3. The van der Waals surface area contributed by atoms with Gasteiger partial charge in [0.05, 0.1) is 17.1 Å². The van der Waals surface area contributed by atoms with Crippen LogP contribution < -0.4 is 5.56 Å². The minimum atomic E-state index is -0.163. The number of fused-ring (bicyclic) bond motifs is 2. The van der Waals surface area contributed by atoms with Crippen LogP contribution in [0.5, 0.6) is 0 Å². The maximum absolute atomic E-state index is 12.6. The Kier molecular flexibility index (Phi) is 3.05. The molecule has 4 aromatic rings. The molecular formula is C18H14N4O. The van der Waals surface area contributed by atoms with E-state index in [1.54, 1.807) is 19.2 Å². The lowest BCUT2D eigenvalue weighted by Crippen LogP contribution is -2.20. The van der Waals surface area contributed by atoms with Crippen molar-refractivity contribution in [3.05, 3.63) is 76.5 Å². The van der Waals surface area contributed by atoms with Gasteiger partial charge in [0.15, 0.2) is 0 Å². The Morgan fingerprint density at radius 2 is 1.83 bits per heavy atom. The first-order chi connectivity index (χ1) is 11.2. The average Bonchev–Trinajstić information content (AvgIpc) is 2.98.